The SMILES string of the molecule is CC(=O)CCC(C)(C)C(=O)NCCN1C(=O)SC(=Cc2ccccc2)C1=O. The number of benzene rings is 1. The van der Waals surface area contributed by atoms with E-state index < -0.39 is 5.41 Å². The van der Waals surface area contributed by atoms with Crippen LogP contribution in [0.15, 0.2) is 35.2 Å². The molecule has 27 heavy (non-hydrogen) atoms. The Bertz CT molecular complexity index is 771. The highest BCUT2D eigenvalue weighted by molar-refractivity contribution is 8.18. The minimum absolute atomic E-state index is 0.0406. The largest absolute Gasteiger partial charge is 0.354 e. The van der Waals surface area contributed by atoms with E-state index in [9.17, 15) is 19.2 Å². The molecular formula is C20H24N2O4S. The number of carbonyl (C=O) groups excluding carboxylic acids is 4. The second-order valence-electron chi connectivity index (χ2n) is 7.09. The van der Waals surface area contributed by atoms with Gasteiger partial charge in [0.1, 0.15) is 5.78 Å². The molecule has 7 heteroatoms. The minimum atomic E-state index is -0.683. The lowest BCUT2D eigenvalue weighted by Crippen LogP contribution is -2.42. The van der Waals surface area contributed by atoms with E-state index in [2.05, 4.69) is 5.32 Å². The third kappa shape index (κ3) is 5.79. The Balaban J connectivity index is 1.90. The summed E-state index contributed by atoms with van der Waals surface area (Å²) >= 11 is 0.901. The first kappa shape index (κ1) is 20.9. The lowest BCUT2D eigenvalue weighted by molar-refractivity contribution is -0.130. The van der Waals surface area contributed by atoms with Crippen LogP contribution in [0.25, 0.3) is 6.08 Å². The average molecular weight is 388 g/mol. The molecule has 6 nitrogen and oxygen atoms in total. The molecule has 0 bridgehead atoms. The van der Waals surface area contributed by atoms with Crippen molar-refractivity contribution in [3.05, 3.63) is 40.8 Å². The van der Waals surface area contributed by atoms with Crippen LogP contribution in [-0.4, -0.2) is 40.8 Å². The van der Waals surface area contributed by atoms with Crippen LogP contribution in [0, 0.1) is 5.41 Å². The predicted molar refractivity (Wildman–Crippen MR) is 106 cm³/mol. The van der Waals surface area contributed by atoms with Gasteiger partial charge in [-0.2, -0.15) is 0 Å². The summed E-state index contributed by atoms with van der Waals surface area (Å²) in [5.41, 5.74) is 0.168. The molecule has 0 unspecified atom stereocenters. The maximum Gasteiger partial charge on any atom is 0.293 e. The third-order valence-electron chi connectivity index (χ3n) is 4.31. The topological polar surface area (TPSA) is 83.6 Å². The van der Waals surface area contributed by atoms with Crippen molar-refractivity contribution in [1.29, 1.82) is 0 Å². The molecular weight excluding hydrogens is 364 g/mol. The maximum absolute atomic E-state index is 12.4. The van der Waals surface area contributed by atoms with Crippen LogP contribution in [0.3, 0.4) is 0 Å². The highest BCUT2D eigenvalue weighted by Gasteiger charge is 2.35. The van der Waals surface area contributed by atoms with E-state index in [-0.39, 0.29) is 35.9 Å². The average Bonchev–Trinajstić information content (AvgIpc) is 2.88. The van der Waals surface area contributed by atoms with Crippen LogP contribution in [0.5, 0.6) is 0 Å². The van der Waals surface area contributed by atoms with Gasteiger partial charge in [-0.05, 0) is 36.7 Å². The normalized spacial score (nSPS) is 16.1. The number of hydrogen-bond acceptors (Lipinski definition) is 5. The highest BCUT2D eigenvalue weighted by atomic mass is 32.2. The second-order valence-corrected chi connectivity index (χ2v) is 8.08. The third-order valence-corrected chi connectivity index (χ3v) is 5.22. The number of carbonyl (C=O) groups is 4. The highest BCUT2D eigenvalue weighted by Crippen LogP contribution is 2.31. The van der Waals surface area contributed by atoms with Crippen molar-refractivity contribution in [3.63, 3.8) is 0 Å². The Kier molecular flexibility index (Phi) is 6.96. The molecule has 1 fully saturated rings. The number of imide groups is 1. The summed E-state index contributed by atoms with van der Waals surface area (Å²) in [5, 5.41) is 2.41. The van der Waals surface area contributed by atoms with E-state index in [1.807, 2.05) is 30.3 Å². The summed E-state index contributed by atoms with van der Waals surface area (Å²) in [4.78, 5) is 49.5. The maximum atomic E-state index is 12.4. The molecule has 0 aliphatic carbocycles. The van der Waals surface area contributed by atoms with Gasteiger partial charge in [0, 0.05) is 24.9 Å². The number of thioether (sulfide) groups is 1. The Morgan fingerprint density at radius 3 is 2.48 bits per heavy atom. The fourth-order valence-corrected chi connectivity index (χ4v) is 3.38. The summed E-state index contributed by atoms with van der Waals surface area (Å²) < 4.78 is 0. The molecule has 0 saturated carbocycles. The Hall–Kier alpha value is -2.41. The van der Waals surface area contributed by atoms with Crippen LogP contribution in [0.2, 0.25) is 0 Å². The minimum Gasteiger partial charge on any atom is -0.354 e. The molecule has 2 rings (SSSR count). The van der Waals surface area contributed by atoms with Crippen LogP contribution < -0.4 is 5.32 Å². The van der Waals surface area contributed by atoms with Gasteiger partial charge in [-0.1, -0.05) is 44.2 Å². The van der Waals surface area contributed by atoms with Gasteiger partial charge < -0.3 is 10.1 Å². The fourth-order valence-electron chi connectivity index (χ4n) is 2.52. The van der Waals surface area contributed by atoms with Crippen LogP contribution in [-0.2, 0) is 14.4 Å². The molecule has 1 aliphatic heterocycles. The van der Waals surface area contributed by atoms with E-state index >= 15 is 0 Å². The van der Waals surface area contributed by atoms with E-state index in [0.717, 1.165) is 22.2 Å². The van der Waals surface area contributed by atoms with E-state index in [1.165, 1.54) is 6.92 Å². The monoisotopic (exact) mass is 388 g/mol. The second kappa shape index (κ2) is 8.99. The molecule has 1 saturated heterocycles. The number of nitrogens with zero attached hydrogens (tertiary/aromatic N) is 1. The lowest BCUT2D eigenvalue weighted by atomic mass is 9.86. The molecule has 0 radical (unpaired) electrons. The zero-order valence-electron chi connectivity index (χ0n) is 15.8. The summed E-state index contributed by atoms with van der Waals surface area (Å²) in [5.74, 6) is -0.506. The number of ketones is 1. The van der Waals surface area contributed by atoms with Crippen molar-refractivity contribution in [2.75, 3.05) is 13.1 Å². The van der Waals surface area contributed by atoms with E-state index in [4.69, 9.17) is 0 Å². The van der Waals surface area contributed by atoms with Gasteiger partial charge in [0.2, 0.25) is 5.91 Å². The molecule has 0 spiro atoms. The Morgan fingerprint density at radius 1 is 1.19 bits per heavy atom. The van der Waals surface area contributed by atoms with Gasteiger partial charge in [0.05, 0.1) is 4.91 Å². The van der Waals surface area contributed by atoms with E-state index in [0.29, 0.717) is 17.7 Å². The van der Waals surface area contributed by atoms with Crippen molar-refractivity contribution in [2.24, 2.45) is 5.41 Å². The molecule has 1 aromatic carbocycles. The predicted octanol–water partition coefficient (Wildman–Crippen LogP) is 3.23. The molecule has 1 aromatic rings. The molecule has 1 N–H and O–H groups in total. The van der Waals surface area contributed by atoms with Gasteiger partial charge in [0.25, 0.3) is 11.1 Å². The zero-order valence-corrected chi connectivity index (χ0v) is 16.6. The van der Waals surface area contributed by atoms with Crippen molar-refractivity contribution >= 4 is 40.7 Å². The molecule has 3 amide bonds. The van der Waals surface area contributed by atoms with Crippen molar-refractivity contribution < 1.29 is 19.2 Å². The molecule has 1 heterocycles. The summed E-state index contributed by atoms with van der Waals surface area (Å²) in [6.07, 6.45) is 2.48. The smallest absolute Gasteiger partial charge is 0.293 e. The molecule has 144 valence electrons. The molecule has 1 aliphatic rings. The number of rotatable bonds is 8. The van der Waals surface area contributed by atoms with Gasteiger partial charge in [-0.25, -0.2) is 0 Å². The lowest BCUT2D eigenvalue weighted by Gasteiger charge is -2.23. The summed E-state index contributed by atoms with van der Waals surface area (Å²) in [7, 11) is 0. The fraction of sp³-hybridized carbons (Fsp3) is 0.400. The van der Waals surface area contributed by atoms with Gasteiger partial charge in [-0.3, -0.25) is 19.3 Å². The first-order valence-electron chi connectivity index (χ1n) is 8.79. The number of nitrogens with one attached hydrogen (secondary N) is 1. The van der Waals surface area contributed by atoms with Crippen LogP contribution >= 0.6 is 11.8 Å². The standard InChI is InChI=1S/C20H24N2O4S/c1-14(23)9-10-20(2,3)18(25)21-11-12-22-17(24)16(27-19(22)26)13-15-7-5-4-6-8-15/h4-8,13H,9-12H2,1-3H3,(H,21,25). The van der Waals surface area contributed by atoms with Gasteiger partial charge in [0.15, 0.2) is 0 Å². The Labute approximate surface area is 163 Å². The van der Waals surface area contributed by atoms with Crippen LogP contribution in [0.4, 0.5) is 4.79 Å². The van der Waals surface area contributed by atoms with Crippen molar-refractivity contribution in [1.82, 2.24) is 10.2 Å². The van der Waals surface area contributed by atoms with Gasteiger partial charge in [-0.15, -0.1) is 0 Å². The zero-order chi connectivity index (χ0) is 20.0. The summed E-state index contributed by atoms with van der Waals surface area (Å²) in [6, 6.07) is 9.32. The summed E-state index contributed by atoms with van der Waals surface area (Å²) in [6.45, 7) is 5.34. The molecule has 0 aromatic heterocycles. The quantitative estimate of drug-likeness (QED) is 0.691. The van der Waals surface area contributed by atoms with Gasteiger partial charge >= 0.3 is 0 Å². The first-order valence-corrected chi connectivity index (χ1v) is 9.60. The Morgan fingerprint density at radius 2 is 1.85 bits per heavy atom. The number of amides is 3. The first-order chi connectivity index (χ1) is 12.7. The van der Waals surface area contributed by atoms with E-state index in [1.54, 1.807) is 19.9 Å². The van der Waals surface area contributed by atoms with Crippen molar-refractivity contribution in [2.45, 2.75) is 33.6 Å². The van der Waals surface area contributed by atoms with Crippen molar-refractivity contribution in [3.8, 4) is 0 Å². The number of Topliss-reactive ketones (excluding diaryl/α,β-unsaturated/α-hetero) is 1. The molecule has 0 atom stereocenters. The van der Waals surface area contributed by atoms with Crippen LogP contribution in [0.1, 0.15) is 39.2 Å². The number of hydrogen-bond donors (Lipinski definition) is 1.